The van der Waals surface area contributed by atoms with Crippen LogP contribution in [0.3, 0.4) is 0 Å². The van der Waals surface area contributed by atoms with E-state index in [2.05, 4.69) is 30.6 Å². The molecule has 3 N–H and O–H groups in total. The van der Waals surface area contributed by atoms with Gasteiger partial charge in [-0.3, -0.25) is 15.3 Å². The normalized spacial score (nSPS) is 11.1. The molecule has 3 rings (SSSR count). The van der Waals surface area contributed by atoms with E-state index in [0.29, 0.717) is 0 Å². The van der Waals surface area contributed by atoms with Gasteiger partial charge in [-0.2, -0.15) is 15.3 Å². The average molecular weight is 229 g/mol. The molecule has 0 atom stereocenters. The predicted octanol–water partition coefficient (Wildman–Crippen LogP) is -1.63. The molecule has 0 saturated carbocycles. The van der Waals surface area contributed by atoms with Crippen LogP contribution >= 0.6 is 0 Å². The van der Waals surface area contributed by atoms with Crippen molar-refractivity contribution in [2.24, 2.45) is 0 Å². The van der Waals surface area contributed by atoms with Gasteiger partial charge >= 0.3 is 0 Å². The molecule has 0 fully saturated rings. The molecule has 0 saturated heterocycles. The van der Waals surface area contributed by atoms with E-state index in [9.17, 15) is 0 Å². The van der Waals surface area contributed by atoms with E-state index < -0.39 is 8.80 Å². The molecule has 1 radical (unpaired) electrons. The first-order chi connectivity index (χ1) is 7.95. The molecule has 0 aromatic carbocycles. The fourth-order valence-corrected chi connectivity index (χ4v) is 3.74. The Morgan fingerprint density at radius 1 is 0.688 bits per heavy atom. The second-order valence-electron chi connectivity index (χ2n) is 3.29. The Kier molecular flexibility index (Phi) is 2.15. The van der Waals surface area contributed by atoms with Crippen molar-refractivity contribution in [1.82, 2.24) is 30.6 Å². The molecule has 0 unspecified atom stereocenters. The molecule has 0 aliphatic carbocycles. The first-order valence-electron chi connectivity index (χ1n) is 4.81. The number of hydrogen-bond acceptors (Lipinski definition) is 3. The zero-order valence-electron chi connectivity index (χ0n) is 8.31. The standard InChI is InChI=1S/C9H9N6Si/c1-4-10-13-7(1)16(8-2-5-11-14-8)9-3-6-12-15-9/h1-6H,(H,10,13)(H,11,14)(H,12,15). The first-order valence-corrected chi connectivity index (χ1v) is 6.31. The quantitative estimate of drug-likeness (QED) is 0.471. The van der Waals surface area contributed by atoms with Gasteiger partial charge in [0.15, 0.2) is 0 Å². The third-order valence-corrected chi connectivity index (χ3v) is 4.76. The van der Waals surface area contributed by atoms with Gasteiger partial charge in [-0.05, 0) is 18.2 Å². The maximum Gasteiger partial charge on any atom is 0.224 e. The number of aromatic nitrogens is 6. The highest BCUT2D eigenvalue weighted by molar-refractivity contribution is 6.93. The number of nitrogens with zero attached hydrogens (tertiary/aromatic N) is 3. The van der Waals surface area contributed by atoms with Gasteiger partial charge in [0.1, 0.15) is 0 Å². The minimum absolute atomic E-state index is 1.10. The van der Waals surface area contributed by atoms with Crippen molar-refractivity contribution >= 4 is 24.7 Å². The van der Waals surface area contributed by atoms with Gasteiger partial charge in [0.25, 0.3) is 0 Å². The van der Waals surface area contributed by atoms with Crippen LogP contribution in [0.2, 0.25) is 0 Å². The van der Waals surface area contributed by atoms with Crippen molar-refractivity contribution < 1.29 is 0 Å². The van der Waals surface area contributed by atoms with Crippen LogP contribution in [0.5, 0.6) is 0 Å². The zero-order chi connectivity index (χ0) is 10.8. The highest BCUT2D eigenvalue weighted by atomic mass is 28.3. The molecular formula is C9H9N6Si. The van der Waals surface area contributed by atoms with Crippen molar-refractivity contribution in [3.05, 3.63) is 36.8 Å². The summed E-state index contributed by atoms with van der Waals surface area (Å²) in [4.78, 5) is 0. The molecule has 0 bridgehead atoms. The maximum atomic E-state index is 3.99. The van der Waals surface area contributed by atoms with Crippen LogP contribution in [-0.4, -0.2) is 39.4 Å². The van der Waals surface area contributed by atoms with Crippen LogP contribution in [-0.2, 0) is 0 Å². The molecule has 16 heavy (non-hydrogen) atoms. The summed E-state index contributed by atoms with van der Waals surface area (Å²) < 4.78 is 0. The van der Waals surface area contributed by atoms with Gasteiger partial charge < -0.3 is 0 Å². The van der Waals surface area contributed by atoms with E-state index in [0.717, 1.165) is 16.0 Å². The molecule has 7 heteroatoms. The zero-order valence-corrected chi connectivity index (χ0v) is 9.31. The minimum Gasteiger partial charge on any atom is -0.286 e. The number of nitrogens with one attached hydrogen (secondary N) is 3. The van der Waals surface area contributed by atoms with Gasteiger partial charge in [0.05, 0.1) is 0 Å². The molecule has 3 aromatic heterocycles. The Morgan fingerprint density at radius 2 is 1.06 bits per heavy atom. The average Bonchev–Trinajstić information content (AvgIpc) is 3.02. The van der Waals surface area contributed by atoms with Crippen molar-refractivity contribution in [3.63, 3.8) is 0 Å². The third-order valence-electron chi connectivity index (χ3n) is 2.31. The molecule has 6 nitrogen and oxygen atoms in total. The lowest BCUT2D eigenvalue weighted by atomic mass is 10.7. The minimum atomic E-state index is -1.10. The second kappa shape index (κ2) is 3.78. The fraction of sp³-hybridized carbons (Fsp3) is 0. The van der Waals surface area contributed by atoms with Crippen LogP contribution in [0, 0.1) is 0 Å². The number of rotatable bonds is 3. The highest BCUT2D eigenvalue weighted by Crippen LogP contribution is 1.86. The smallest absolute Gasteiger partial charge is 0.224 e. The molecule has 0 spiro atoms. The summed E-state index contributed by atoms with van der Waals surface area (Å²) in [6.45, 7) is 0. The Bertz CT molecular complexity index is 445. The Morgan fingerprint density at radius 3 is 1.31 bits per heavy atom. The monoisotopic (exact) mass is 229 g/mol. The fourth-order valence-electron chi connectivity index (χ4n) is 1.62. The summed E-state index contributed by atoms with van der Waals surface area (Å²) in [5, 5.41) is 24.3. The van der Waals surface area contributed by atoms with Crippen molar-refractivity contribution in [2.75, 3.05) is 0 Å². The first kappa shape index (κ1) is 9.10. The Balaban J connectivity index is 2.09. The van der Waals surface area contributed by atoms with Crippen LogP contribution in [0.25, 0.3) is 0 Å². The summed E-state index contributed by atoms with van der Waals surface area (Å²) in [6.07, 6.45) is 5.27. The van der Waals surface area contributed by atoms with Crippen LogP contribution in [0.15, 0.2) is 36.8 Å². The van der Waals surface area contributed by atoms with E-state index in [1.54, 1.807) is 18.6 Å². The summed E-state index contributed by atoms with van der Waals surface area (Å²) in [7, 11) is -1.10. The lowest BCUT2D eigenvalue weighted by molar-refractivity contribution is 1.09. The predicted molar refractivity (Wildman–Crippen MR) is 60.4 cm³/mol. The van der Waals surface area contributed by atoms with E-state index in [1.807, 2.05) is 18.2 Å². The second-order valence-corrected chi connectivity index (χ2v) is 5.65. The van der Waals surface area contributed by atoms with Crippen molar-refractivity contribution in [3.8, 4) is 0 Å². The van der Waals surface area contributed by atoms with Crippen molar-refractivity contribution in [2.45, 2.75) is 0 Å². The van der Waals surface area contributed by atoms with Crippen molar-refractivity contribution in [1.29, 1.82) is 0 Å². The largest absolute Gasteiger partial charge is 0.286 e. The topological polar surface area (TPSA) is 86.0 Å². The summed E-state index contributed by atoms with van der Waals surface area (Å²) in [5.74, 6) is 0. The van der Waals surface area contributed by atoms with Crippen LogP contribution < -0.4 is 16.0 Å². The number of H-pyrrole nitrogens is 3. The SMILES string of the molecule is c1cc([Si](c2ccn[nH]2)c2ccn[nH]2)[nH]n1. The molecule has 3 heterocycles. The molecule has 0 amide bonds. The lowest BCUT2D eigenvalue weighted by Crippen LogP contribution is -2.54. The van der Waals surface area contributed by atoms with Gasteiger partial charge in [-0.1, -0.05) is 0 Å². The van der Waals surface area contributed by atoms with Gasteiger partial charge in [0, 0.05) is 34.5 Å². The van der Waals surface area contributed by atoms with E-state index in [4.69, 9.17) is 0 Å². The van der Waals surface area contributed by atoms with Gasteiger partial charge in [-0.25, -0.2) is 0 Å². The number of hydrogen-bond donors (Lipinski definition) is 3. The van der Waals surface area contributed by atoms with E-state index in [-0.39, 0.29) is 0 Å². The summed E-state index contributed by atoms with van der Waals surface area (Å²) in [6, 6.07) is 5.95. The van der Waals surface area contributed by atoms with E-state index in [1.165, 1.54) is 0 Å². The van der Waals surface area contributed by atoms with Gasteiger partial charge in [0.2, 0.25) is 8.80 Å². The maximum absolute atomic E-state index is 3.99. The molecule has 79 valence electrons. The Hall–Kier alpha value is -2.15. The van der Waals surface area contributed by atoms with Crippen LogP contribution in [0.4, 0.5) is 0 Å². The Labute approximate surface area is 92.7 Å². The molecule has 0 aliphatic heterocycles. The third kappa shape index (κ3) is 1.46. The summed E-state index contributed by atoms with van der Waals surface area (Å²) >= 11 is 0. The van der Waals surface area contributed by atoms with Crippen LogP contribution in [0.1, 0.15) is 0 Å². The molecular weight excluding hydrogens is 220 g/mol. The number of aromatic amines is 3. The molecule has 0 aliphatic rings. The highest BCUT2D eigenvalue weighted by Gasteiger charge is 2.23. The van der Waals surface area contributed by atoms with Gasteiger partial charge in [-0.15, -0.1) is 0 Å². The summed E-state index contributed by atoms with van der Waals surface area (Å²) in [5.41, 5.74) is 0. The molecule has 3 aromatic rings. The van der Waals surface area contributed by atoms with E-state index >= 15 is 0 Å². The lowest BCUT2D eigenvalue weighted by Gasteiger charge is -2.07.